The maximum absolute atomic E-state index is 6.77. The number of hydrogen-bond acceptors (Lipinski definition) is 3. The molecule has 55 heavy (non-hydrogen) atoms. The van der Waals surface area contributed by atoms with Gasteiger partial charge >= 0.3 is 0 Å². The Hall–Kier alpha value is -7.50. The first-order chi connectivity index (χ1) is 27.3. The SMILES string of the molecule is c1ccc(-c2ccc(-n3c4ccccc4c4ccc5c6c7oc8ccccc8c7ccc6n(-c6nc(-c7ccccc7)c7ccccc7n6)c5c43)cc2)cc1. The minimum absolute atomic E-state index is 0.608. The molecule has 0 radical (unpaired) electrons. The topological polar surface area (TPSA) is 48.8 Å². The summed E-state index contributed by atoms with van der Waals surface area (Å²) in [5.74, 6) is 0.608. The van der Waals surface area contributed by atoms with Crippen molar-refractivity contribution in [1.29, 1.82) is 0 Å². The number of hydrogen-bond donors (Lipinski definition) is 0. The molecule has 0 aliphatic rings. The molecule has 4 heterocycles. The lowest BCUT2D eigenvalue weighted by Crippen LogP contribution is -2.04. The molecular weight excluding hydrogens is 673 g/mol. The van der Waals surface area contributed by atoms with Crippen LogP contribution in [0, 0.1) is 0 Å². The van der Waals surface area contributed by atoms with E-state index in [9.17, 15) is 0 Å². The standard InChI is InChI=1S/C50H30N4O/c1-3-13-31(14-4-1)32-23-25-34(26-24-32)53-42-21-11-8-17-35(42)37-27-28-40-45-43(30-29-38-36-18-9-12-22-44(36)55-49(38)45)54(48(40)47(37)53)50-51-41-20-10-7-19-39(41)46(52-50)33-15-5-2-6-16-33/h1-30H. The third kappa shape index (κ3) is 4.35. The minimum Gasteiger partial charge on any atom is -0.455 e. The number of benzene rings is 8. The molecule has 0 spiro atoms. The Morgan fingerprint density at radius 2 is 1.00 bits per heavy atom. The number of para-hydroxylation sites is 3. The molecule has 0 saturated heterocycles. The molecule has 12 aromatic rings. The van der Waals surface area contributed by atoms with Crippen LogP contribution in [0.25, 0.3) is 110 Å². The lowest BCUT2D eigenvalue weighted by Gasteiger charge is -2.14. The highest BCUT2D eigenvalue weighted by atomic mass is 16.3. The smallest absolute Gasteiger partial charge is 0.235 e. The molecule has 0 atom stereocenters. The van der Waals surface area contributed by atoms with E-state index in [2.05, 4.69) is 167 Å². The van der Waals surface area contributed by atoms with Crippen molar-refractivity contribution in [1.82, 2.24) is 19.1 Å². The molecule has 12 rings (SSSR count). The summed E-state index contributed by atoms with van der Waals surface area (Å²) in [6.45, 7) is 0. The predicted molar refractivity (Wildman–Crippen MR) is 226 cm³/mol. The van der Waals surface area contributed by atoms with E-state index in [0.29, 0.717) is 5.95 Å². The van der Waals surface area contributed by atoms with Crippen molar-refractivity contribution in [2.75, 3.05) is 0 Å². The second kappa shape index (κ2) is 11.5. The van der Waals surface area contributed by atoms with Crippen molar-refractivity contribution in [3.05, 3.63) is 182 Å². The maximum Gasteiger partial charge on any atom is 0.235 e. The molecule has 0 aliphatic carbocycles. The molecule has 0 saturated carbocycles. The predicted octanol–water partition coefficient (Wildman–Crippen LogP) is 13.1. The molecule has 0 N–H and O–H groups in total. The Morgan fingerprint density at radius 1 is 0.382 bits per heavy atom. The van der Waals surface area contributed by atoms with Gasteiger partial charge < -0.3 is 8.98 Å². The largest absolute Gasteiger partial charge is 0.455 e. The molecule has 5 nitrogen and oxygen atoms in total. The highest BCUT2D eigenvalue weighted by Crippen LogP contribution is 2.45. The zero-order valence-corrected chi connectivity index (χ0v) is 29.5. The Morgan fingerprint density at radius 3 is 1.82 bits per heavy atom. The van der Waals surface area contributed by atoms with E-state index in [-0.39, 0.29) is 0 Å². The van der Waals surface area contributed by atoms with E-state index in [1.54, 1.807) is 0 Å². The molecule has 4 aromatic heterocycles. The number of fused-ring (bicyclic) bond motifs is 12. The Bertz CT molecular complexity index is 3470. The molecule has 8 aromatic carbocycles. The summed E-state index contributed by atoms with van der Waals surface area (Å²) in [7, 11) is 0. The van der Waals surface area contributed by atoms with Crippen LogP contribution in [0.3, 0.4) is 0 Å². The van der Waals surface area contributed by atoms with E-state index in [1.165, 1.54) is 16.5 Å². The van der Waals surface area contributed by atoms with Crippen LogP contribution in [0.15, 0.2) is 186 Å². The van der Waals surface area contributed by atoms with E-state index in [1.807, 2.05) is 24.3 Å². The molecule has 0 aliphatic heterocycles. The van der Waals surface area contributed by atoms with Gasteiger partial charge in [0.25, 0.3) is 0 Å². The zero-order valence-electron chi connectivity index (χ0n) is 29.5. The average Bonchev–Trinajstić information content (AvgIpc) is 3.92. The van der Waals surface area contributed by atoms with Crippen LogP contribution in [-0.2, 0) is 0 Å². The lowest BCUT2D eigenvalue weighted by atomic mass is 10.1. The molecular formula is C50H30N4O. The third-order valence-corrected chi connectivity index (χ3v) is 11.1. The molecule has 0 unspecified atom stereocenters. The second-order valence-electron chi connectivity index (χ2n) is 14.1. The summed E-state index contributed by atoms with van der Waals surface area (Å²) in [4.78, 5) is 10.8. The number of nitrogens with zero attached hydrogens (tertiary/aromatic N) is 4. The zero-order chi connectivity index (χ0) is 36.0. The van der Waals surface area contributed by atoms with Crippen LogP contribution in [0.5, 0.6) is 0 Å². The number of furan rings is 1. The van der Waals surface area contributed by atoms with Crippen molar-refractivity contribution in [2.24, 2.45) is 0 Å². The van der Waals surface area contributed by atoms with Gasteiger partial charge in [0, 0.05) is 43.6 Å². The molecule has 0 fully saturated rings. The molecule has 0 bridgehead atoms. The summed E-state index contributed by atoms with van der Waals surface area (Å²) in [6, 6.07) is 64.1. The van der Waals surface area contributed by atoms with Crippen LogP contribution in [-0.4, -0.2) is 19.1 Å². The van der Waals surface area contributed by atoms with Crippen LogP contribution in [0.2, 0.25) is 0 Å². The van der Waals surface area contributed by atoms with Gasteiger partial charge in [-0.1, -0.05) is 140 Å². The van der Waals surface area contributed by atoms with E-state index >= 15 is 0 Å². The summed E-state index contributed by atoms with van der Waals surface area (Å²) in [5.41, 5.74) is 12.2. The van der Waals surface area contributed by atoms with Gasteiger partial charge in [0.1, 0.15) is 11.2 Å². The van der Waals surface area contributed by atoms with Crippen LogP contribution in [0.4, 0.5) is 0 Å². The first kappa shape index (κ1) is 30.0. The van der Waals surface area contributed by atoms with E-state index < -0.39 is 0 Å². The third-order valence-electron chi connectivity index (χ3n) is 11.1. The summed E-state index contributed by atoms with van der Waals surface area (Å²) < 4.78 is 11.4. The molecule has 5 heteroatoms. The van der Waals surface area contributed by atoms with Crippen molar-refractivity contribution in [2.45, 2.75) is 0 Å². The highest BCUT2D eigenvalue weighted by molar-refractivity contribution is 6.29. The Balaban J connectivity index is 1.27. The summed E-state index contributed by atoms with van der Waals surface area (Å²) in [6.07, 6.45) is 0. The summed E-state index contributed by atoms with van der Waals surface area (Å²) in [5, 5.41) is 7.66. The Kier molecular flexibility index (Phi) is 6.27. The number of rotatable bonds is 4. The van der Waals surface area contributed by atoms with Gasteiger partial charge in [-0.05, 0) is 53.6 Å². The van der Waals surface area contributed by atoms with Crippen molar-refractivity contribution < 1.29 is 4.42 Å². The van der Waals surface area contributed by atoms with Gasteiger partial charge in [-0.3, -0.25) is 4.57 Å². The normalized spacial score (nSPS) is 12.0. The maximum atomic E-state index is 6.77. The lowest BCUT2D eigenvalue weighted by molar-refractivity contribution is 0.673. The fourth-order valence-electron chi connectivity index (χ4n) is 8.70. The van der Waals surface area contributed by atoms with Gasteiger partial charge in [0.15, 0.2) is 0 Å². The van der Waals surface area contributed by atoms with Gasteiger partial charge in [-0.15, -0.1) is 0 Å². The first-order valence-electron chi connectivity index (χ1n) is 18.6. The van der Waals surface area contributed by atoms with E-state index in [4.69, 9.17) is 14.4 Å². The molecule has 256 valence electrons. The molecule has 0 amide bonds. The van der Waals surface area contributed by atoms with Gasteiger partial charge in [0.05, 0.1) is 38.7 Å². The first-order valence-corrected chi connectivity index (χ1v) is 18.6. The van der Waals surface area contributed by atoms with E-state index in [0.717, 1.165) is 88.0 Å². The van der Waals surface area contributed by atoms with Crippen molar-refractivity contribution in [3.8, 4) is 34.0 Å². The van der Waals surface area contributed by atoms with Crippen molar-refractivity contribution in [3.63, 3.8) is 0 Å². The monoisotopic (exact) mass is 702 g/mol. The quantitative estimate of drug-likeness (QED) is 0.183. The number of aromatic nitrogens is 4. The van der Waals surface area contributed by atoms with Crippen molar-refractivity contribution >= 4 is 76.5 Å². The second-order valence-corrected chi connectivity index (χ2v) is 14.1. The Labute approximate surface area is 315 Å². The average molecular weight is 703 g/mol. The van der Waals surface area contributed by atoms with Crippen LogP contribution in [0.1, 0.15) is 0 Å². The highest BCUT2D eigenvalue weighted by Gasteiger charge is 2.25. The van der Waals surface area contributed by atoms with Crippen LogP contribution >= 0.6 is 0 Å². The fraction of sp³-hybridized carbons (Fsp3) is 0. The fourth-order valence-corrected chi connectivity index (χ4v) is 8.70. The van der Waals surface area contributed by atoms with Gasteiger partial charge in [-0.2, -0.15) is 0 Å². The van der Waals surface area contributed by atoms with Gasteiger partial charge in [0.2, 0.25) is 5.95 Å². The van der Waals surface area contributed by atoms with Gasteiger partial charge in [-0.25, -0.2) is 9.97 Å². The summed E-state index contributed by atoms with van der Waals surface area (Å²) >= 11 is 0. The minimum atomic E-state index is 0.608. The van der Waals surface area contributed by atoms with Crippen LogP contribution < -0.4 is 0 Å².